The third-order valence-corrected chi connectivity index (χ3v) is 7.03. The molecule has 0 bridgehead atoms. The largest absolute Gasteiger partial charge is 0.459 e. The van der Waals surface area contributed by atoms with Gasteiger partial charge < -0.3 is 14.2 Å². The Kier molecular flexibility index (Phi) is 5.46. The minimum absolute atomic E-state index is 0.178. The first-order chi connectivity index (χ1) is 14.6. The van der Waals surface area contributed by atoms with E-state index in [1.165, 1.54) is 6.92 Å². The van der Waals surface area contributed by atoms with Crippen LogP contribution in [0.1, 0.15) is 50.4 Å². The van der Waals surface area contributed by atoms with Crippen molar-refractivity contribution in [3.63, 3.8) is 0 Å². The molecular weight excluding hydrogens is 420 g/mol. The van der Waals surface area contributed by atoms with Crippen LogP contribution >= 0.6 is 11.6 Å². The molecule has 1 saturated carbocycles. The van der Waals surface area contributed by atoms with E-state index < -0.39 is 29.7 Å². The molecule has 0 amide bonds. The summed E-state index contributed by atoms with van der Waals surface area (Å²) in [6.07, 6.45) is 0.660. The van der Waals surface area contributed by atoms with Crippen molar-refractivity contribution in [3.8, 4) is 0 Å². The lowest BCUT2D eigenvalue weighted by molar-refractivity contribution is -0.161. The van der Waals surface area contributed by atoms with Crippen molar-refractivity contribution < 1.29 is 28.6 Å². The Morgan fingerprint density at radius 2 is 1.94 bits per heavy atom. The van der Waals surface area contributed by atoms with E-state index in [0.29, 0.717) is 35.4 Å². The Morgan fingerprint density at radius 3 is 2.58 bits per heavy atom. The van der Waals surface area contributed by atoms with Crippen molar-refractivity contribution in [2.24, 2.45) is 11.8 Å². The van der Waals surface area contributed by atoms with Gasteiger partial charge in [0, 0.05) is 29.4 Å². The number of benzene rings is 1. The zero-order valence-corrected chi connectivity index (χ0v) is 18.5. The topological polar surface area (TPSA) is 78.9 Å². The standard InChI is InChI=1S/C24H25ClO6/c1-12-17-9-10-24(4,31-14(3)26)18-11-19(13(2)20(18)21(17)30-22(12)27)29-23(28)15-5-7-16(25)8-6-15/h5-8,17-19,21H,1,9-11H2,2-4H3. The molecular formula is C24H25ClO6. The van der Waals surface area contributed by atoms with Gasteiger partial charge in [0.05, 0.1) is 5.56 Å². The summed E-state index contributed by atoms with van der Waals surface area (Å²) in [5.74, 6) is -1.64. The van der Waals surface area contributed by atoms with Gasteiger partial charge in [-0.1, -0.05) is 18.2 Å². The molecule has 164 valence electrons. The normalized spacial score (nSPS) is 32.1. The number of carbonyl (C=O) groups is 3. The van der Waals surface area contributed by atoms with Gasteiger partial charge in [-0.05, 0) is 68.5 Å². The summed E-state index contributed by atoms with van der Waals surface area (Å²) in [7, 11) is 0. The van der Waals surface area contributed by atoms with Crippen LogP contribution < -0.4 is 0 Å². The first kappa shape index (κ1) is 21.6. The van der Waals surface area contributed by atoms with Crippen molar-refractivity contribution >= 4 is 29.5 Å². The van der Waals surface area contributed by atoms with E-state index in [-0.39, 0.29) is 17.8 Å². The molecule has 4 rings (SSSR count). The predicted octanol–water partition coefficient (Wildman–Crippen LogP) is 4.42. The summed E-state index contributed by atoms with van der Waals surface area (Å²) < 4.78 is 17.3. The number of ether oxygens (including phenoxy) is 3. The van der Waals surface area contributed by atoms with Crippen molar-refractivity contribution in [2.75, 3.05) is 0 Å². The van der Waals surface area contributed by atoms with Crippen LogP contribution in [0, 0.1) is 11.8 Å². The molecule has 1 aromatic carbocycles. The molecule has 3 aliphatic rings. The Labute approximate surface area is 186 Å². The van der Waals surface area contributed by atoms with E-state index in [1.54, 1.807) is 24.3 Å². The smallest absolute Gasteiger partial charge is 0.338 e. The van der Waals surface area contributed by atoms with Crippen LogP contribution in [0.4, 0.5) is 0 Å². The fourth-order valence-corrected chi connectivity index (χ4v) is 5.31. The maximum absolute atomic E-state index is 12.7. The van der Waals surface area contributed by atoms with Crippen molar-refractivity contribution in [2.45, 2.75) is 57.8 Å². The maximum Gasteiger partial charge on any atom is 0.338 e. The number of esters is 3. The minimum Gasteiger partial charge on any atom is -0.459 e. The summed E-state index contributed by atoms with van der Waals surface area (Å²) in [5.41, 5.74) is 1.77. The highest BCUT2D eigenvalue weighted by Crippen LogP contribution is 2.53. The number of carbonyl (C=O) groups excluding carboxylic acids is 3. The van der Waals surface area contributed by atoms with Gasteiger partial charge in [-0.15, -0.1) is 0 Å². The highest BCUT2D eigenvalue weighted by atomic mass is 35.5. The molecule has 2 aliphatic carbocycles. The average molecular weight is 445 g/mol. The van der Waals surface area contributed by atoms with Gasteiger partial charge in [0.15, 0.2) is 0 Å². The number of fused-ring (bicyclic) bond motifs is 3. The van der Waals surface area contributed by atoms with E-state index in [0.717, 1.165) is 11.1 Å². The Balaban J connectivity index is 1.68. The zero-order valence-electron chi connectivity index (χ0n) is 17.8. The lowest BCUT2D eigenvalue weighted by Gasteiger charge is -2.35. The fraction of sp³-hybridized carbons (Fsp3) is 0.458. The Morgan fingerprint density at radius 1 is 1.26 bits per heavy atom. The summed E-state index contributed by atoms with van der Waals surface area (Å²) in [6, 6.07) is 6.49. The molecule has 0 radical (unpaired) electrons. The quantitative estimate of drug-likeness (QED) is 0.297. The van der Waals surface area contributed by atoms with Crippen molar-refractivity contribution in [1.82, 2.24) is 0 Å². The van der Waals surface area contributed by atoms with Crippen LogP contribution in [-0.2, 0) is 23.8 Å². The van der Waals surface area contributed by atoms with Gasteiger partial charge in [-0.3, -0.25) is 4.79 Å². The van der Waals surface area contributed by atoms with Crippen LogP contribution in [0.5, 0.6) is 0 Å². The summed E-state index contributed by atoms with van der Waals surface area (Å²) in [4.78, 5) is 36.9. The van der Waals surface area contributed by atoms with Gasteiger partial charge in [0.1, 0.15) is 17.8 Å². The molecule has 1 saturated heterocycles. The molecule has 7 heteroatoms. The first-order valence-electron chi connectivity index (χ1n) is 10.4. The molecule has 0 aromatic heterocycles. The SMILES string of the molecule is C=C1C(=O)OC2C3=C(C)C(OC(=O)c4ccc(Cl)cc4)CC3C(C)(OC(C)=O)CCC12. The number of hydrogen-bond acceptors (Lipinski definition) is 6. The highest BCUT2D eigenvalue weighted by Gasteiger charge is 2.56. The molecule has 31 heavy (non-hydrogen) atoms. The van der Waals surface area contributed by atoms with Crippen molar-refractivity contribution in [3.05, 3.63) is 58.1 Å². The van der Waals surface area contributed by atoms with Gasteiger partial charge in [0.25, 0.3) is 0 Å². The predicted molar refractivity (Wildman–Crippen MR) is 113 cm³/mol. The first-order valence-corrected chi connectivity index (χ1v) is 10.7. The fourth-order valence-electron chi connectivity index (χ4n) is 5.18. The number of rotatable bonds is 3. The molecule has 5 unspecified atom stereocenters. The van der Waals surface area contributed by atoms with Crippen LogP contribution in [0.25, 0.3) is 0 Å². The van der Waals surface area contributed by atoms with Crippen LogP contribution in [0.15, 0.2) is 47.6 Å². The second kappa shape index (κ2) is 7.83. The third kappa shape index (κ3) is 3.78. The number of hydrogen-bond donors (Lipinski definition) is 0. The van der Waals surface area contributed by atoms with Crippen LogP contribution in [0.3, 0.4) is 0 Å². The lowest BCUT2D eigenvalue weighted by Crippen LogP contribution is -2.40. The third-order valence-electron chi connectivity index (χ3n) is 6.77. The molecule has 1 aromatic rings. The van der Waals surface area contributed by atoms with E-state index in [9.17, 15) is 14.4 Å². The molecule has 1 aliphatic heterocycles. The molecule has 2 fully saturated rings. The van der Waals surface area contributed by atoms with E-state index in [4.69, 9.17) is 25.8 Å². The minimum atomic E-state index is -0.791. The van der Waals surface area contributed by atoms with Crippen molar-refractivity contribution in [1.29, 1.82) is 0 Å². The summed E-state index contributed by atoms with van der Waals surface area (Å²) >= 11 is 5.91. The number of halogens is 1. The van der Waals surface area contributed by atoms with Gasteiger partial charge in [0.2, 0.25) is 0 Å². The molecule has 5 atom stereocenters. The second-order valence-corrected chi connectivity index (χ2v) is 9.17. The Hall–Kier alpha value is -2.60. The van der Waals surface area contributed by atoms with Crippen LogP contribution in [-0.4, -0.2) is 35.7 Å². The van der Waals surface area contributed by atoms with Gasteiger partial charge in [-0.2, -0.15) is 0 Å². The maximum atomic E-state index is 12.7. The van der Waals surface area contributed by atoms with Crippen LogP contribution in [0.2, 0.25) is 5.02 Å². The molecule has 0 N–H and O–H groups in total. The summed E-state index contributed by atoms with van der Waals surface area (Å²) in [5, 5.41) is 0.532. The monoisotopic (exact) mass is 444 g/mol. The summed E-state index contributed by atoms with van der Waals surface area (Å²) in [6.45, 7) is 9.10. The molecule has 0 spiro atoms. The van der Waals surface area contributed by atoms with E-state index >= 15 is 0 Å². The van der Waals surface area contributed by atoms with E-state index in [1.807, 2.05) is 13.8 Å². The highest BCUT2D eigenvalue weighted by molar-refractivity contribution is 6.30. The van der Waals surface area contributed by atoms with E-state index in [2.05, 4.69) is 6.58 Å². The average Bonchev–Trinajstić information content (AvgIpc) is 3.13. The Bertz CT molecular complexity index is 994. The molecule has 6 nitrogen and oxygen atoms in total. The molecule has 1 heterocycles. The lowest BCUT2D eigenvalue weighted by atomic mass is 9.81. The second-order valence-electron chi connectivity index (χ2n) is 8.73. The zero-order chi connectivity index (χ0) is 22.5. The van der Waals surface area contributed by atoms with Gasteiger partial charge >= 0.3 is 17.9 Å². The van der Waals surface area contributed by atoms with Gasteiger partial charge in [-0.25, -0.2) is 9.59 Å².